The zero-order chi connectivity index (χ0) is 26.5. The lowest BCUT2D eigenvalue weighted by Crippen LogP contribution is -2.13. The Bertz CT molecular complexity index is 1510. The Labute approximate surface area is 217 Å². The van der Waals surface area contributed by atoms with Gasteiger partial charge in [0.05, 0.1) is 4.47 Å². The zero-order valence-electron chi connectivity index (χ0n) is 19.6. The van der Waals surface area contributed by atoms with Crippen LogP contribution in [0, 0.1) is 25.2 Å². The van der Waals surface area contributed by atoms with E-state index in [1.807, 2.05) is 32.0 Å². The third kappa shape index (κ3) is 6.81. The fourth-order valence-electron chi connectivity index (χ4n) is 3.08. The lowest BCUT2D eigenvalue weighted by Gasteiger charge is -2.10. The van der Waals surface area contributed by atoms with Gasteiger partial charge in [0.25, 0.3) is 5.91 Å². The molecule has 2 amide bonds. The molecule has 0 unspecified atom stereocenters. The maximum Gasteiger partial charge on any atom is 0.339 e. The second-order valence-electron chi connectivity index (χ2n) is 7.86. The van der Waals surface area contributed by atoms with Crippen molar-refractivity contribution in [2.75, 3.05) is 10.6 Å². The molecule has 10 heteroatoms. The number of carbonyl (C=O) groups excluding carboxylic acids is 2. The van der Waals surface area contributed by atoms with Crippen LogP contribution >= 0.6 is 15.9 Å². The molecule has 0 heterocycles. The number of aryl methyl sites for hydroxylation is 2. The van der Waals surface area contributed by atoms with Crippen LogP contribution in [0.15, 0.2) is 75.6 Å². The fraction of sp³-hybridized carbons (Fsp3) is 0.115. The molecule has 0 spiro atoms. The van der Waals surface area contributed by atoms with Gasteiger partial charge >= 0.3 is 10.1 Å². The van der Waals surface area contributed by atoms with Gasteiger partial charge in [0, 0.05) is 18.3 Å². The number of rotatable bonds is 7. The summed E-state index contributed by atoms with van der Waals surface area (Å²) >= 11 is 3.28. The van der Waals surface area contributed by atoms with Crippen molar-refractivity contribution in [2.24, 2.45) is 0 Å². The predicted octanol–water partition coefficient (Wildman–Crippen LogP) is 5.34. The van der Waals surface area contributed by atoms with E-state index in [4.69, 9.17) is 4.18 Å². The number of hydrogen-bond acceptors (Lipinski definition) is 6. The number of carbonyl (C=O) groups is 2. The topological polar surface area (TPSA) is 125 Å². The van der Waals surface area contributed by atoms with E-state index in [-0.39, 0.29) is 22.1 Å². The minimum atomic E-state index is -4.15. The number of nitriles is 1. The van der Waals surface area contributed by atoms with Crippen LogP contribution < -0.4 is 14.8 Å². The minimum absolute atomic E-state index is 0.0242. The summed E-state index contributed by atoms with van der Waals surface area (Å²) in [5.41, 5.74) is 3.48. The summed E-state index contributed by atoms with van der Waals surface area (Å²) in [7, 11) is -4.15. The van der Waals surface area contributed by atoms with Gasteiger partial charge in [-0.15, -0.1) is 0 Å². The molecule has 0 bridgehead atoms. The van der Waals surface area contributed by atoms with Crippen molar-refractivity contribution in [1.29, 1.82) is 5.26 Å². The first-order chi connectivity index (χ1) is 17.0. The average Bonchev–Trinajstić information content (AvgIpc) is 2.81. The van der Waals surface area contributed by atoms with E-state index in [2.05, 4.69) is 26.6 Å². The van der Waals surface area contributed by atoms with E-state index in [0.29, 0.717) is 21.4 Å². The molecule has 0 aliphatic carbocycles. The van der Waals surface area contributed by atoms with Crippen LogP contribution in [-0.4, -0.2) is 20.2 Å². The Morgan fingerprint density at radius 1 is 0.944 bits per heavy atom. The van der Waals surface area contributed by atoms with Crippen molar-refractivity contribution in [2.45, 2.75) is 25.7 Å². The zero-order valence-corrected chi connectivity index (χ0v) is 22.0. The van der Waals surface area contributed by atoms with E-state index in [9.17, 15) is 23.3 Å². The quantitative estimate of drug-likeness (QED) is 0.225. The molecule has 0 aliphatic rings. The molecule has 3 aromatic rings. The summed E-state index contributed by atoms with van der Waals surface area (Å²) in [6.45, 7) is 5.23. The summed E-state index contributed by atoms with van der Waals surface area (Å²) in [6.07, 6.45) is 1.39. The molecule has 0 atom stereocenters. The van der Waals surface area contributed by atoms with Gasteiger partial charge in [0.15, 0.2) is 5.75 Å². The van der Waals surface area contributed by atoms with Gasteiger partial charge in [0.1, 0.15) is 16.5 Å². The smallest absolute Gasteiger partial charge is 0.339 e. The maximum absolute atomic E-state index is 12.7. The van der Waals surface area contributed by atoms with Crippen molar-refractivity contribution in [1.82, 2.24) is 0 Å². The van der Waals surface area contributed by atoms with Crippen molar-refractivity contribution in [3.05, 3.63) is 87.4 Å². The Morgan fingerprint density at radius 3 is 2.19 bits per heavy atom. The van der Waals surface area contributed by atoms with Crippen LogP contribution in [0.2, 0.25) is 0 Å². The third-order valence-corrected chi connectivity index (χ3v) is 6.93. The molecule has 2 N–H and O–H groups in total. The normalized spacial score (nSPS) is 11.4. The Hall–Kier alpha value is -3.94. The number of hydrogen-bond donors (Lipinski definition) is 2. The van der Waals surface area contributed by atoms with Gasteiger partial charge < -0.3 is 14.8 Å². The highest BCUT2D eigenvalue weighted by Crippen LogP contribution is 2.30. The molecule has 0 saturated carbocycles. The standard InChI is InChI=1S/C26H22BrN3O5S/c1-16-4-6-22(12-17(16)2)30-26(32)20(15-28)13-19-5-11-25(24(27)14-19)35-36(33,34)23-9-7-21(8-10-23)29-18(3)31/h4-14H,1-3H3,(H,29,31)(H,30,32)/b20-13+. The van der Waals surface area contributed by atoms with Crippen LogP contribution in [0.5, 0.6) is 5.75 Å². The van der Waals surface area contributed by atoms with E-state index in [0.717, 1.165) is 11.1 Å². The molecular weight excluding hydrogens is 546 g/mol. The monoisotopic (exact) mass is 567 g/mol. The Kier molecular flexibility index (Phi) is 8.29. The van der Waals surface area contributed by atoms with Gasteiger partial charge in [-0.05, 0) is 101 Å². The van der Waals surface area contributed by atoms with E-state index in [1.54, 1.807) is 6.07 Å². The first kappa shape index (κ1) is 26.7. The SMILES string of the molecule is CC(=O)Nc1ccc(S(=O)(=O)Oc2ccc(/C=C(\C#N)C(=O)Nc3ccc(C)c(C)c3)cc2Br)cc1. The van der Waals surface area contributed by atoms with Gasteiger partial charge in [0.2, 0.25) is 5.91 Å². The second-order valence-corrected chi connectivity index (χ2v) is 10.3. The molecule has 0 radical (unpaired) electrons. The lowest BCUT2D eigenvalue weighted by atomic mass is 10.1. The third-order valence-electron chi connectivity index (χ3n) is 5.06. The van der Waals surface area contributed by atoms with Gasteiger partial charge in [-0.3, -0.25) is 9.59 Å². The summed E-state index contributed by atoms with van der Waals surface area (Å²) in [5.74, 6) is -0.819. The number of anilines is 2. The van der Waals surface area contributed by atoms with Crippen LogP contribution in [0.4, 0.5) is 11.4 Å². The number of nitrogens with zero attached hydrogens (tertiary/aromatic N) is 1. The van der Waals surface area contributed by atoms with Gasteiger partial charge in [-0.1, -0.05) is 12.1 Å². The highest BCUT2D eigenvalue weighted by atomic mass is 79.9. The second kappa shape index (κ2) is 11.2. The predicted molar refractivity (Wildman–Crippen MR) is 141 cm³/mol. The number of amides is 2. The molecule has 0 aliphatic heterocycles. The molecule has 36 heavy (non-hydrogen) atoms. The first-order valence-corrected chi connectivity index (χ1v) is 12.8. The summed E-state index contributed by atoms with van der Waals surface area (Å²) in [6, 6.07) is 17.3. The van der Waals surface area contributed by atoms with Crippen molar-refractivity contribution < 1.29 is 22.2 Å². The molecule has 0 fully saturated rings. The lowest BCUT2D eigenvalue weighted by molar-refractivity contribution is -0.114. The van der Waals surface area contributed by atoms with Crippen molar-refractivity contribution in [3.63, 3.8) is 0 Å². The summed E-state index contributed by atoms with van der Waals surface area (Å²) in [4.78, 5) is 23.6. The molecule has 184 valence electrons. The van der Waals surface area contributed by atoms with Crippen LogP contribution in [0.1, 0.15) is 23.6 Å². The molecule has 8 nitrogen and oxygen atoms in total. The van der Waals surface area contributed by atoms with Crippen molar-refractivity contribution >= 4 is 55.3 Å². The van der Waals surface area contributed by atoms with Crippen LogP contribution in [0.25, 0.3) is 6.08 Å². The summed E-state index contributed by atoms with van der Waals surface area (Å²) in [5, 5.41) is 14.7. The molecular formula is C26H22BrN3O5S. The number of benzene rings is 3. The minimum Gasteiger partial charge on any atom is -0.378 e. The van der Waals surface area contributed by atoms with E-state index >= 15 is 0 Å². The number of nitrogens with one attached hydrogen (secondary N) is 2. The average molecular weight is 568 g/mol. The largest absolute Gasteiger partial charge is 0.378 e. The molecule has 3 rings (SSSR count). The molecule has 3 aromatic carbocycles. The van der Waals surface area contributed by atoms with Crippen molar-refractivity contribution in [3.8, 4) is 11.8 Å². The maximum atomic E-state index is 12.7. The highest BCUT2D eigenvalue weighted by molar-refractivity contribution is 9.10. The van der Waals surface area contributed by atoms with Gasteiger partial charge in [-0.2, -0.15) is 13.7 Å². The summed E-state index contributed by atoms with van der Waals surface area (Å²) < 4.78 is 30.9. The first-order valence-electron chi connectivity index (χ1n) is 10.6. The van der Waals surface area contributed by atoms with Crippen LogP contribution in [-0.2, 0) is 19.7 Å². The van der Waals surface area contributed by atoms with Crippen LogP contribution in [0.3, 0.4) is 0 Å². The fourth-order valence-corrected chi connectivity index (χ4v) is 4.61. The van der Waals surface area contributed by atoms with E-state index in [1.165, 1.54) is 55.5 Å². The molecule has 0 aromatic heterocycles. The Balaban J connectivity index is 1.77. The van der Waals surface area contributed by atoms with Gasteiger partial charge in [-0.25, -0.2) is 0 Å². The van der Waals surface area contributed by atoms with E-state index < -0.39 is 16.0 Å². The number of halogens is 1. The highest BCUT2D eigenvalue weighted by Gasteiger charge is 2.19. The molecule has 0 saturated heterocycles. The Morgan fingerprint density at radius 2 is 1.61 bits per heavy atom.